The molecule has 0 radical (unpaired) electrons. The summed E-state index contributed by atoms with van der Waals surface area (Å²) in [5, 5.41) is 0. The van der Waals surface area contributed by atoms with E-state index in [2.05, 4.69) is 14.4 Å². The number of H-pyrrole nitrogens is 1. The summed E-state index contributed by atoms with van der Waals surface area (Å²) in [6.45, 7) is 3.28. The minimum Gasteiger partial charge on any atom is -0.497 e. The van der Waals surface area contributed by atoms with E-state index in [1.807, 2.05) is 89.4 Å². The average molecular weight is 510 g/mol. The lowest BCUT2D eigenvalue weighted by atomic mass is 9.91. The van der Waals surface area contributed by atoms with E-state index >= 15 is 0 Å². The quantitative estimate of drug-likeness (QED) is 0.360. The van der Waals surface area contributed by atoms with Crippen LogP contribution >= 0.6 is 0 Å². The van der Waals surface area contributed by atoms with E-state index in [1.54, 1.807) is 7.11 Å². The number of carbonyl (C=O) groups is 1. The number of aromatic nitrogens is 4. The Balaban J connectivity index is 1.25. The maximum Gasteiger partial charge on any atom is 0.326 e. The fourth-order valence-electron chi connectivity index (χ4n) is 5.79. The molecular weight excluding hydrogens is 478 g/mol. The number of para-hydroxylation sites is 2. The number of ether oxygens (including phenoxy) is 1. The predicted octanol–water partition coefficient (Wildman–Crippen LogP) is 4.68. The third kappa shape index (κ3) is 4.26. The van der Waals surface area contributed by atoms with Gasteiger partial charge in [0.05, 0.1) is 23.8 Å². The number of imidazole rings is 2. The van der Waals surface area contributed by atoms with Crippen LogP contribution in [0, 0.1) is 6.92 Å². The topological polar surface area (TPSA) is 84.6 Å². The minimum absolute atomic E-state index is 0.0682. The monoisotopic (exact) mass is 509 g/mol. The van der Waals surface area contributed by atoms with Crippen molar-refractivity contribution >= 4 is 22.6 Å². The molecule has 194 valence electrons. The number of hydrogen-bond acceptors (Lipinski definition) is 4. The molecule has 1 unspecified atom stereocenters. The molecule has 1 aliphatic heterocycles. The van der Waals surface area contributed by atoms with Crippen LogP contribution in [0.3, 0.4) is 0 Å². The number of benzene rings is 2. The largest absolute Gasteiger partial charge is 0.497 e. The number of aryl methyl sites for hydroxylation is 1. The number of nitrogens with zero attached hydrogens (tertiary/aromatic N) is 4. The Morgan fingerprint density at radius 2 is 1.92 bits per heavy atom. The molecule has 0 aliphatic carbocycles. The Kier molecular flexibility index (Phi) is 6.23. The molecule has 1 aliphatic rings. The first-order chi connectivity index (χ1) is 18.5. The van der Waals surface area contributed by atoms with Gasteiger partial charge in [-0.2, -0.15) is 0 Å². The number of aromatic amines is 1. The molecule has 5 aromatic rings. The van der Waals surface area contributed by atoms with E-state index in [9.17, 15) is 9.59 Å². The summed E-state index contributed by atoms with van der Waals surface area (Å²) in [7, 11) is 1.65. The number of hydrogen-bond donors (Lipinski definition) is 1. The van der Waals surface area contributed by atoms with Crippen molar-refractivity contribution in [2.24, 2.45) is 0 Å². The fourth-order valence-corrected chi connectivity index (χ4v) is 5.79. The minimum atomic E-state index is -0.177. The molecule has 1 N–H and O–H groups in total. The molecule has 8 nitrogen and oxygen atoms in total. The smallest absolute Gasteiger partial charge is 0.326 e. The average Bonchev–Trinajstić information content (AvgIpc) is 3.53. The standard InChI is InChI=1S/C30H31N5O3/c1-20-7-6-14-34-27(19-31-29(20)34)24(21-8-5-9-23(17-21)38-2)18-28(36)33-15-12-22(13-16-33)35-26-11-4-3-10-25(26)32-30(35)37/h3-11,14,17,19,22,24H,12-13,15-16,18H2,1-2H3,(H,32,37). The van der Waals surface area contributed by atoms with E-state index in [1.165, 1.54) is 0 Å². The highest BCUT2D eigenvalue weighted by Gasteiger charge is 2.29. The van der Waals surface area contributed by atoms with Crippen LogP contribution in [0.4, 0.5) is 0 Å². The van der Waals surface area contributed by atoms with E-state index in [0.717, 1.165) is 52.1 Å². The molecule has 4 heterocycles. The molecule has 1 atom stereocenters. The molecular formula is C30H31N5O3. The van der Waals surface area contributed by atoms with Gasteiger partial charge in [0.25, 0.3) is 0 Å². The maximum atomic E-state index is 13.7. The fraction of sp³-hybridized carbons (Fsp3) is 0.300. The van der Waals surface area contributed by atoms with Crippen molar-refractivity contribution in [1.29, 1.82) is 0 Å². The number of piperidine rings is 1. The predicted molar refractivity (Wildman–Crippen MR) is 147 cm³/mol. The van der Waals surface area contributed by atoms with Crippen LogP contribution in [0.2, 0.25) is 0 Å². The summed E-state index contributed by atoms with van der Waals surface area (Å²) in [4.78, 5) is 35.9. The third-order valence-corrected chi connectivity index (χ3v) is 7.80. The SMILES string of the molecule is COc1cccc(C(CC(=O)N2CCC(n3c(=O)[nH]c4ccccc43)CC2)c2cnc3c(C)cccn23)c1. The zero-order chi connectivity index (χ0) is 26.2. The summed E-state index contributed by atoms with van der Waals surface area (Å²) in [5.74, 6) is 0.684. The van der Waals surface area contributed by atoms with Crippen molar-refractivity contribution < 1.29 is 9.53 Å². The molecule has 1 saturated heterocycles. The van der Waals surface area contributed by atoms with Crippen molar-refractivity contribution in [3.8, 4) is 5.75 Å². The van der Waals surface area contributed by atoms with Gasteiger partial charge >= 0.3 is 5.69 Å². The van der Waals surface area contributed by atoms with Crippen LogP contribution in [0.1, 0.15) is 48.0 Å². The Bertz CT molecular complexity index is 1670. The Morgan fingerprint density at radius 3 is 2.74 bits per heavy atom. The number of methoxy groups -OCH3 is 1. The molecule has 1 fully saturated rings. The number of fused-ring (bicyclic) bond motifs is 2. The lowest BCUT2D eigenvalue weighted by Gasteiger charge is -2.33. The molecule has 38 heavy (non-hydrogen) atoms. The van der Waals surface area contributed by atoms with Gasteiger partial charge in [0, 0.05) is 43.9 Å². The van der Waals surface area contributed by atoms with Gasteiger partial charge < -0.3 is 19.0 Å². The molecule has 8 heteroatoms. The highest BCUT2D eigenvalue weighted by Crippen LogP contribution is 2.33. The summed E-state index contributed by atoms with van der Waals surface area (Å²) in [6, 6.07) is 19.8. The zero-order valence-electron chi connectivity index (χ0n) is 21.6. The summed E-state index contributed by atoms with van der Waals surface area (Å²) in [6.07, 6.45) is 5.70. The van der Waals surface area contributed by atoms with E-state index in [-0.39, 0.29) is 23.6 Å². The first kappa shape index (κ1) is 24.0. The second-order valence-corrected chi connectivity index (χ2v) is 10.0. The second-order valence-electron chi connectivity index (χ2n) is 10.0. The second kappa shape index (κ2) is 9.85. The van der Waals surface area contributed by atoms with E-state index in [0.29, 0.717) is 19.5 Å². The first-order valence-corrected chi connectivity index (χ1v) is 13.1. The van der Waals surface area contributed by atoms with Crippen LogP contribution in [-0.4, -0.2) is 49.9 Å². The number of carbonyl (C=O) groups excluding carboxylic acids is 1. The molecule has 0 spiro atoms. The Hall–Kier alpha value is -4.33. The van der Waals surface area contributed by atoms with E-state index < -0.39 is 0 Å². The van der Waals surface area contributed by atoms with Gasteiger partial charge in [-0.25, -0.2) is 9.78 Å². The van der Waals surface area contributed by atoms with Crippen molar-refractivity contribution in [2.75, 3.05) is 20.2 Å². The summed E-state index contributed by atoms with van der Waals surface area (Å²) in [5.41, 5.74) is 5.66. The van der Waals surface area contributed by atoms with Gasteiger partial charge in [-0.15, -0.1) is 0 Å². The molecule has 3 aromatic heterocycles. The summed E-state index contributed by atoms with van der Waals surface area (Å²) >= 11 is 0. The number of pyridine rings is 1. The van der Waals surface area contributed by atoms with E-state index in [4.69, 9.17) is 4.74 Å². The van der Waals surface area contributed by atoms with Crippen LogP contribution in [0.5, 0.6) is 5.75 Å². The van der Waals surface area contributed by atoms with Crippen LogP contribution in [-0.2, 0) is 4.79 Å². The Labute approximate surface area is 220 Å². The number of rotatable bonds is 6. The third-order valence-electron chi connectivity index (χ3n) is 7.80. The van der Waals surface area contributed by atoms with Gasteiger partial charge in [0.2, 0.25) is 5.91 Å². The van der Waals surface area contributed by atoms with Crippen molar-refractivity contribution in [2.45, 2.75) is 38.1 Å². The normalized spacial score (nSPS) is 15.3. The van der Waals surface area contributed by atoms with Crippen molar-refractivity contribution in [1.82, 2.24) is 23.8 Å². The molecule has 2 aromatic carbocycles. The zero-order valence-corrected chi connectivity index (χ0v) is 21.6. The molecule has 0 saturated carbocycles. The van der Waals surface area contributed by atoms with Crippen LogP contribution < -0.4 is 10.4 Å². The lowest BCUT2D eigenvalue weighted by molar-refractivity contribution is -0.132. The highest BCUT2D eigenvalue weighted by atomic mass is 16.5. The Morgan fingerprint density at radius 1 is 1.11 bits per heavy atom. The van der Waals surface area contributed by atoms with Gasteiger partial charge in [0.1, 0.15) is 11.4 Å². The van der Waals surface area contributed by atoms with Crippen molar-refractivity contribution in [3.63, 3.8) is 0 Å². The molecule has 1 amide bonds. The first-order valence-electron chi connectivity index (χ1n) is 13.1. The number of likely N-dealkylation sites (tertiary alicyclic amines) is 1. The van der Waals surface area contributed by atoms with Gasteiger partial charge in [-0.3, -0.25) is 9.36 Å². The van der Waals surface area contributed by atoms with Gasteiger partial charge in [-0.1, -0.05) is 30.3 Å². The number of amides is 1. The molecule has 0 bridgehead atoms. The van der Waals surface area contributed by atoms with Crippen LogP contribution in [0.25, 0.3) is 16.7 Å². The highest BCUT2D eigenvalue weighted by molar-refractivity contribution is 5.78. The maximum absolute atomic E-state index is 13.7. The van der Waals surface area contributed by atoms with Gasteiger partial charge in [-0.05, 0) is 61.2 Å². The molecule has 6 rings (SSSR count). The lowest BCUT2D eigenvalue weighted by Crippen LogP contribution is -2.41. The van der Waals surface area contributed by atoms with Gasteiger partial charge in [0.15, 0.2) is 0 Å². The summed E-state index contributed by atoms with van der Waals surface area (Å²) < 4.78 is 9.43. The number of nitrogens with one attached hydrogen (secondary N) is 1. The van der Waals surface area contributed by atoms with Crippen molar-refractivity contribution in [3.05, 3.63) is 100 Å². The van der Waals surface area contributed by atoms with Crippen LogP contribution in [0.15, 0.2) is 77.9 Å².